The van der Waals surface area contributed by atoms with Crippen molar-refractivity contribution in [2.45, 2.75) is 58.6 Å². The normalized spacial score (nSPS) is 21.9. The van der Waals surface area contributed by atoms with E-state index < -0.39 is 18.1 Å². The van der Waals surface area contributed by atoms with Crippen molar-refractivity contribution in [3.8, 4) is 22.3 Å². The molecule has 1 aliphatic rings. The molecule has 0 spiro atoms. The summed E-state index contributed by atoms with van der Waals surface area (Å²) in [4.78, 5) is 16.0. The van der Waals surface area contributed by atoms with Gasteiger partial charge in [0.2, 0.25) is 0 Å². The summed E-state index contributed by atoms with van der Waals surface area (Å²) in [6.07, 6.45) is 5.00. The van der Waals surface area contributed by atoms with E-state index in [2.05, 4.69) is 5.16 Å². The summed E-state index contributed by atoms with van der Waals surface area (Å²) < 4.78 is 39.7. The van der Waals surface area contributed by atoms with Crippen molar-refractivity contribution in [3.05, 3.63) is 59.7 Å². The molecule has 0 amide bonds. The topological polar surface area (TPSA) is 81.2 Å². The lowest BCUT2D eigenvalue weighted by atomic mass is 9.81. The number of nitrogens with zero attached hydrogens (tertiary/aromatic N) is 3. The molecule has 176 valence electrons. The fourth-order valence-electron chi connectivity index (χ4n) is 4.79. The number of carboxylic acids is 1. The Morgan fingerprint density at radius 2 is 1.97 bits per heavy atom. The van der Waals surface area contributed by atoms with Crippen LogP contribution in [-0.2, 0) is 6.50 Å². The molecule has 0 radical (unpaired) electrons. The standard InChI is InChI=1S/C27H28FN3O3/c1-16-24(17(2)34-30-16)21-12-23-25(29-13-21)22(19-4-6-20(7-5-19)26(32)33)15-31(23)14-18-8-10-27(3,28)11-9-18/h4-7,12-13,15,18H,8-11,14H2,1-3H3,(H,32,33)/i14D2. The highest BCUT2D eigenvalue weighted by molar-refractivity contribution is 5.96. The zero-order valence-corrected chi connectivity index (χ0v) is 19.4. The number of aryl methyl sites for hydroxylation is 2. The lowest BCUT2D eigenvalue weighted by Gasteiger charge is -2.31. The van der Waals surface area contributed by atoms with E-state index in [1.165, 1.54) is 12.1 Å². The van der Waals surface area contributed by atoms with E-state index in [1.54, 1.807) is 36.0 Å². The number of alkyl halides is 1. The summed E-state index contributed by atoms with van der Waals surface area (Å²) in [5.74, 6) is -0.727. The summed E-state index contributed by atoms with van der Waals surface area (Å²) >= 11 is 0. The van der Waals surface area contributed by atoms with Crippen LogP contribution in [0, 0.1) is 19.8 Å². The highest BCUT2D eigenvalue weighted by atomic mass is 19.1. The summed E-state index contributed by atoms with van der Waals surface area (Å²) in [6.45, 7) is 3.47. The van der Waals surface area contributed by atoms with Gasteiger partial charge in [-0.05, 0) is 76.1 Å². The van der Waals surface area contributed by atoms with Gasteiger partial charge < -0.3 is 14.2 Å². The second kappa shape index (κ2) is 8.38. The summed E-state index contributed by atoms with van der Waals surface area (Å²) in [5.41, 5.74) is 3.83. The van der Waals surface area contributed by atoms with Crippen LogP contribution in [-0.4, -0.2) is 31.5 Å². The molecule has 0 atom stereocenters. The molecule has 4 aromatic rings. The van der Waals surface area contributed by atoms with Gasteiger partial charge in [0.1, 0.15) is 11.4 Å². The minimum absolute atomic E-state index is 0.169. The number of fused-ring (bicyclic) bond motifs is 1. The van der Waals surface area contributed by atoms with Crippen molar-refractivity contribution in [1.82, 2.24) is 14.7 Å². The zero-order valence-electron chi connectivity index (χ0n) is 21.4. The number of aromatic nitrogens is 3. The number of carboxylic acid groups (broad SMARTS) is 1. The minimum atomic E-state index is -1.78. The average molecular weight is 464 g/mol. The van der Waals surface area contributed by atoms with Gasteiger partial charge in [0, 0.05) is 35.6 Å². The average Bonchev–Trinajstić information content (AvgIpc) is 3.38. The third-order valence-electron chi connectivity index (χ3n) is 6.76. The van der Waals surface area contributed by atoms with Crippen LogP contribution in [0.3, 0.4) is 0 Å². The van der Waals surface area contributed by atoms with E-state index in [-0.39, 0.29) is 11.5 Å². The third kappa shape index (κ3) is 4.11. The van der Waals surface area contributed by atoms with Crippen LogP contribution in [0.4, 0.5) is 4.39 Å². The molecular weight excluding hydrogens is 433 g/mol. The number of aromatic carboxylic acids is 1. The van der Waals surface area contributed by atoms with Crippen molar-refractivity contribution in [3.63, 3.8) is 0 Å². The molecule has 0 aliphatic heterocycles. The van der Waals surface area contributed by atoms with Crippen molar-refractivity contribution in [1.29, 1.82) is 0 Å². The van der Waals surface area contributed by atoms with Gasteiger partial charge in [0.15, 0.2) is 0 Å². The number of pyridine rings is 1. The van der Waals surface area contributed by atoms with Gasteiger partial charge in [-0.15, -0.1) is 0 Å². The van der Waals surface area contributed by atoms with E-state index in [0.717, 1.165) is 16.7 Å². The smallest absolute Gasteiger partial charge is 0.335 e. The van der Waals surface area contributed by atoms with Crippen molar-refractivity contribution in [2.24, 2.45) is 5.92 Å². The predicted molar refractivity (Wildman–Crippen MR) is 129 cm³/mol. The second-order valence-electron chi connectivity index (χ2n) is 9.40. The quantitative estimate of drug-likeness (QED) is 0.361. The molecule has 1 aliphatic carbocycles. The monoisotopic (exact) mass is 463 g/mol. The SMILES string of the molecule is [2H]C([2H])(C1CCC(C)(F)CC1)n1cc(-c2ccc(C(=O)O)cc2)c2ncc(-c3c(C)noc3C)cc21. The Balaban J connectivity index is 1.68. The first-order chi connectivity index (χ1) is 17.0. The number of hydrogen-bond acceptors (Lipinski definition) is 4. The van der Waals surface area contributed by atoms with Crippen LogP contribution >= 0.6 is 0 Å². The fraction of sp³-hybridized carbons (Fsp3) is 0.370. The Labute approximate surface area is 200 Å². The van der Waals surface area contributed by atoms with Gasteiger partial charge in [0.05, 0.1) is 25.0 Å². The summed E-state index contributed by atoms with van der Waals surface area (Å²) in [6, 6.07) is 8.35. The molecule has 1 N–H and O–H groups in total. The molecule has 1 aromatic carbocycles. The van der Waals surface area contributed by atoms with E-state index in [9.17, 15) is 14.3 Å². The molecule has 3 aromatic heterocycles. The first-order valence-corrected chi connectivity index (χ1v) is 11.5. The lowest BCUT2D eigenvalue weighted by molar-refractivity contribution is 0.0697. The Hall–Kier alpha value is -3.48. The van der Waals surface area contributed by atoms with Gasteiger partial charge >= 0.3 is 5.97 Å². The van der Waals surface area contributed by atoms with Gasteiger partial charge in [-0.1, -0.05) is 17.3 Å². The molecule has 1 saturated carbocycles. The van der Waals surface area contributed by atoms with Crippen molar-refractivity contribution < 1.29 is 21.6 Å². The Morgan fingerprint density at radius 3 is 2.59 bits per heavy atom. The van der Waals surface area contributed by atoms with Crippen LogP contribution < -0.4 is 0 Å². The summed E-state index contributed by atoms with van der Waals surface area (Å²) in [7, 11) is 0. The number of rotatable bonds is 5. The van der Waals surface area contributed by atoms with E-state index in [1.807, 2.05) is 19.9 Å². The maximum Gasteiger partial charge on any atom is 0.335 e. The Bertz CT molecular complexity index is 1430. The zero-order chi connectivity index (χ0) is 25.8. The summed E-state index contributed by atoms with van der Waals surface area (Å²) in [5, 5.41) is 13.3. The van der Waals surface area contributed by atoms with Crippen LogP contribution in [0.15, 0.2) is 47.2 Å². The van der Waals surface area contributed by atoms with Crippen LogP contribution in [0.1, 0.15) is 57.2 Å². The maximum atomic E-state index is 14.5. The van der Waals surface area contributed by atoms with Gasteiger partial charge in [0.25, 0.3) is 0 Å². The fourth-order valence-corrected chi connectivity index (χ4v) is 4.79. The van der Waals surface area contributed by atoms with Crippen LogP contribution in [0.2, 0.25) is 0 Å². The second-order valence-corrected chi connectivity index (χ2v) is 9.40. The largest absolute Gasteiger partial charge is 0.478 e. The third-order valence-corrected chi connectivity index (χ3v) is 6.76. The number of carbonyl (C=O) groups is 1. The van der Waals surface area contributed by atoms with Crippen LogP contribution in [0.5, 0.6) is 0 Å². The highest BCUT2D eigenvalue weighted by Crippen LogP contribution is 2.38. The molecule has 1 fully saturated rings. The highest BCUT2D eigenvalue weighted by Gasteiger charge is 2.31. The molecule has 0 saturated heterocycles. The maximum absolute atomic E-state index is 14.5. The Morgan fingerprint density at radius 1 is 1.26 bits per heavy atom. The first-order valence-electron chi connectivity index (χ1n) is 12.5. The minimum Gasteiger partial charge on any atom is -0.478 e. The van der Waals surface area contributed by atoms with Gasteiger partial charge in [-0.2, -0.15) is 0 Å². The predicted octanol–water partition coefficient (Wildman–Crippen LogP) is 6.59. The van der Waals surface area contributed by atoms with E-state index in [0.29, 0.717) is 53.7 Å². The lowest BCUT2D eigenvalue weighted by Crippen LogP contribution is -2.27. The number of halogens is 1. The molecule has 6 nitrogen and oxygen atoms in total. The van der Waals surface area contributed by atoms with Crippen LogP contribution in [0.25, 0.3) is 33.3 Å². The molecule has 0 bridgehead atoms. The molecule has 5 rings (SSSR count). The van der Waals surface area contributed by atoms with Gasteiger partial charge in [-0.3, -0.25) is 4.98 Å². The van der Waals surface area contributed by atoms with E-state index in [4.69, 9.17) is 12.2 Å². The van der Waals surface area contributed by atoms with E-state index >= 15 is 0 Å². The molecule has 34 heavy (non-hydrogen) atoms. The first kappa shape index (κ1) is 19.9. The van der Waals surface area contributed by atoms with Crippen molar-refractivity contribution in [2.75, 3.05) is 0 Å². The number of hydrogen-bond donors (Lipinski definition) is 1. The molecule has 7 heteroatoms. The van der Waals surface area contributed by atoms with Crippen molar-refractivity contribution >= 4 is 17.0 Å². The molecular formula is C27H28FN3O3. The molecule has 0 unspecified atom stereocenters. The Kier molecular flexibility index (Phi) is 4.92. The number of benzene rings is 1. The molecule has 3 heterocycles. The van der Waals surface area contributed by atoms with Gasteiger partial charge in [-0.25, -0.2) is 9.18 Å².